The van der Waals surface area contributed by atoms with Crippen LogP contribution in [-0.4, -0.2) is 30.6 Å². The summed E-state index contributed by atoms with van der Waals surface area (Å²) in [6.07, 6.45) is 2.80. The molecule has 114 valence electrons. The Bertz CT molecular complexity index is 377. The van der Waals surface area contributed by atoms with Crippen LogP contribution in [0.5, 0.6) is 0 Å². The molecule has 2 rings (SSSR count). The Morgan fingerprint density at radius 2 is 2.00 bits per heavy atom. The van der Waals surface area contributed by atoms with Crippen molar-refractivity contribution in [1.29, 1.82) is 0 Å². The van der Waals surface area contributed by atoms with Gasteiger partial charge in [-0.05, 0) is 37.5 Å². The lowest BCUT2D eigenvalue weighted by Gasteiger charge is -2.37. The van der Waals surface area contributed by atoms with Gasteiger partial charge in [-0.2, -0.15) is 0 Å². The molecule has 0 aromatic heterocycles. The van der Waals surface area contributed by atoms with Crippen LogP contribution in [0, 0.1) is 23.7 Å². The summed E-state index contributed by atoms with van der Waals surface area (Å²) < 4.78 is 11.0. The maximum Gasteiger partial charge on any atom is 0.319 e. The summed E-state index contributed by atoms with van der Waals surface area (Å²) in [5.74, 6) is 0.226. The van der Waals surface area contributed by atoms with Crippen LogP contribution in [-0.2, 0) is 19.1 Å². The molecule has 1 saturated heterocycles. The molecule has 0 radical (unpaired) electrons. The lowest BCUT2D eigenvalue weighted by atomic mass is 9.75. The van der Waals surface area contributed by atoms with Crippen LogP contribution in [0.15, 0.2) is 0 Å². The molecule has 0 spiro atoms. The first-order valence-electron chi connectivity index (χ1n) is 7.75. The largest absolute Gasteiger partial charge is 0.461 e. The van der Waals surface area contributed by atoms with E-state index in [2.05, 4.69) is 20.8 Å². The van der Waals surface area contributed by atoms with E-state index in [4.69, 9.17) is 9.47 Å². The summed E-state index contributed by atoms with van der Waals surface area (Å²) in [4.78, 5) is 24.0. The highest BCUT2D eigenvalue weighted by Crippen LogP contribution is 2.36. The number of ether oxygens (including phenoxy) is 2. The molecule has 2 aliphatic rings. The first kappa shape index (κ1) is 15.5. The number of carbonyl (C=O) groups is 2. The monoisotopic (exact) mass is 282 g/mol. The fraction of sp³-hybridized carbons (Fsp3) is 0.875. The Hall–Kier alpha value is -0.900. The van der Waals surface area contributed by atoms with Crippen molar-refractivity contribution in [3.63, 3.8) is 0 Å². The maximum atomic E-state index is 12.3. The first-order valence-corrected chi connectivity index (χ1v) is 7.75. The summed E-state index contributed by atoms with van der Waals surface area (Å²) in [6.45, 7) is 8.35. The quantitative estimate of drug-likeness (QED) is 0.590. The van der Waals surface area contributed by atoms with Crippen LogP contribution in [0.4, 0.5) is 0 Å². The minimum absolute atomic E-state index is 0.0373. The molecular formula is C16H26O4. The second kappa shape index (κ2) is 6.25. The van der Waals surface area contributed by atoms with Crippen molar-refractivity contribution in [2.75, 3.05) is 6.61 Å². The van der Waals surface area contributed by atoms with Gasteiger partial charge < -0.3 is 9.47 Å². The number of Topliss-reactive ketones (excluding diaryl/α,β-unsaturated/α-hetero) is 1. The average molecular weight is 282 g/mol. The Kier molecular flexibility index (Phi) is 4.84. The van der Waals surface area contributed by atoms with Crippen molar-refractivity contribution in [3.8, 4) is 0 Å². The third-order valence-electron chi connectivity index (χ3n) is 4.79. The molecular weight excluding hydrogens is 256 g/mol. The normalized spacial score (nSPS) is 38.2. The van der Waals surface area contributed by atoms with Gasteiger partial charge in [-0.1, -0.05) is 27.2 Å². The van der Waals surface area contributed by atoms with Crippen LogP contribution in [0.25, 0.3) is 0 Å². The molecule has 1 saturated carbocycles. The molecule has 4 nitrogen and oxygen atoms in total. The number of carbonyl (C=O) groups excluding carboxylic acids is 2. The van der Waals surface area contributed by atoms with Crippen LogP contribution < -0.4 is 0 Å². The molecule has 2 unspecified atom stereocenters. The van der Waals surface area contributed by atoms with E-state index >= 15 is 0 Å². The summed E-state index contributed by atoms with van der Waals surface area (Å²) in [7, 11) is 0. The highest BCUT2D eigenvalue weighted by atomic mass is 16.6. The minimum atomic E-state index is -0.722. The smallest absolute Gasteiger partial charge is 0.319 e. The predicted octanol–water partition coefficient (Wildman–Crippen LogP) is 2.59. The second-order valence-electron chi connectivity index (χ2n) is 6.76. The van der Waals surface area contributed by atoms with E-state index in [0.29, 0.717) is 17.8 Å². The molecule has 2 fully saturated rings. The van der Waals surface area contributed by atoms with Gasteiger partial charge in [-0.3, -0.25) is 9.59 Å². The van der Waals surface area contributed by atoms with E-state index < -0.39 is 5.92 Å². The third-order valence-corrected chi connectivity index (χ3v) is 4.79. The van der Waals surface area contributed by atoms with Crippen molar-refractivity contribution < 1.29 is 19.1 Å². The minimum Gasteiger partial charge on any atom is -0.461 e. The summed E-state index contributed by atoms with van der Waals surface area (Å²) in [5, 5.41) is 0. The van der Waals surface area contributed by atoms with Crippen LogP contribution in [0.3, 0.4) is 0 Å². The van der Waals surface area contributed by atoms with Gasteiger partial charge in [0, 0.05) is 0 Å². The van der Waals surface area contributed by atoms with Crippen molar-refractivity contribution in [3.05, 3.63) is 0 Å². The van der Waals surface area contributed by atoms with Crippen molar-refractivity contribution in [2.24, 2.45) is 23.7 Å². The molecule has 4 heteroatoms. The number of esters is 1. The Morgan fingerprint density at radius 1 is 1.30 bits per heavy atom. The zero-order chi connectivity index (χ0) is 14.9. The van der Waals surface area contributed by atoms with E-state index in [1.165, 1.54) is 6.42 Å². The third kappa shape index (κ3) is 3.22. The number of ketones is 1. The van der Waals surface area contributed by atoms with Gasteiger partial charge in [0.25, 0.3) is 0 Å². The first-order chi connectivity index (χ1) is 9.40. The summed E-state index contributed by atoms with van der Waals surface area (Å²) in [6, 6.07) is 0. The van der Waals surface area contributed by atoms with Crippen molar-refractivity contribution in [2.45, 2.75) is 59.2 Å². The van der Waals surface area contributed by atoms with E-state index in [0.717, 1.165) is 12.8 Å². The summed E-state index contributed by atoms with van der Waals surface area (Å²) >= 11 is 0. The number of hydrogen-bond acceptors (Lipinski definition) is 4. The van der Waals surface area contributed by atoms with Crippen LogP contribution in [0.1, 0.15) is 47.0 Å². The van der Waals surface area contributed by atoms with Gasteiger partial charge in [-0.25, -0.2) is 0 Å². The second-order valence-corrected chi connectivity index (χ2v) is 6.76. The van der Waals surface area contributed by atoms with E-state index in [9.17, 15) is 9.59 Å². The van der Waals surface area contributed by atoms with Gasteiger partial charge in [0.05, 0.1) is 6.10 Å². The van der Waals surface area contributed by atoms with Gasteiger partial charge in [0.15, 0.2) is 5.78 Å². The Balaban J connectivity index is 2.02. The van der Waals surface area contributed by atoms with Gasteiger partial charge >= 0.3 is 5.97 Å². The number of hydrogen-bond donors (Lipinski definition) is 0. The molecule has 0 aromatic rings. The van der Waals surface area contributed by atoms with Gasteiger partial charge in [0.1, 0.15) is 18.6 Å². The van der Waals surface area contributed by atoms with E-state index in [1.54, 1.807) is 6.92 Å². The highest BCUT2D eigenvalue weighted by Gasteiger charge is 2.42. The van der Waals surface area contributed by atoms with E-state index in [1.807, 2.05) is 0 Å². The molecule has 0 amide bonds. The molecule has 1 aliphatic carbocycles. The number of rotatable bonds is 3. The van der Waals surface area contributed by atoms with Gasteiger partial charge in [0.2, 0.25) is 0 Å². The Labute approximate surface area is 121 Å². The zero-order valence-corrected chi connectivity index (χ0v) is 12.9. The van der Waals surface area contributed by atoms with Crippen LogP contribution >= 0.6 is 0 Å². The van der Waals surface area contributed by atoms with Crippen molar-refractivity contribution >= 4 is 11.8 Å². The fourth-order valence-corrected chi connectivity index (χ4v) is 3.46. The van der Waals surface area contributed by atoms with E-state index in [-0.39, 0.29) is 30.6 Å². The molecule has 1 aliphatic heterocycles. The lowest BCUT2D eigenvalue weighted by Crippen LogP contribution is -2.39. The Morgan fingerprint density at radius 3 is 2.55 bits per heavy atom. The lowest BCUT2D eigenvalue weighted by molar-refractivity contribution is -0.163. The predicted molar refractivity (Wildman–Crippen MR) is 75.1 cm³/mol. The average Bonchev–Trinajstić information content (AvgIpc) is 2.68. The molecule has 0 aromatic carbocycles. The topological polar surface area (TPSA) is 52.6 Å². The zero-order valence-electron chi connectivity index (χ0n) is 12.9. The SMILES string of the molecule is CC1OCC(=O)C1C(=O)O[C@@H]1C[C@H](C)CC[C@H]1C(C)C. The fourth-order valence-electron chi connectivity index (χ4n) is 3.46. The summed E-state index contributed by atoms with van der Waals surface area (Å²) in [5.41, 5.74) is 0. The van der Waals surface area contributed by atoms with Crippen molar-refractivity contribution in [1.82, 2.24) is 0 Å². The molecule has 0 N–H and O–H groups in total. The highest BCUT2D eigenvalue weighted by molar-refractivity contribution is 6.01. The molecule has 0 bridgehead atoms. The van der Waals surface area contributed by atoms with Gasteiger partial charge in [-0.15, -0.1) is 0 Å². The maximum absolute atomic E-state index is 12.3. The molecule has 5 atom stereocenters. The van der Waals surface area contributed by atoms with Crippen LogP contribution in [0.2, 0.25) is 0 Å². The molecule has 20 heavy (non-hydrogen) atoms. The standard InChI is InChI=1S/C16H26O4/c1-9(2)12-6-5-10(3)7-14(12)20-16(18)15-11(4)19-8-13(15)17/h9-12,14-15H,5-8H2,1-4H3/t10-,11?,12+,14-,15?/m1/s1. The molecule has 1 heterocycles.